The van der Waals surface area contributed by atoms with Crippen molar-refractivity contribution >= 4 is 34.9 Å². The number of nitrogens with one attached hydrogen (secondary N) is 1. The van der Waals surface area contributed by atoms with E-state index in [1.165, 1.54) is 0 Å². The van der Waals surface area contributed by atoms with Gasteiger partial charge in [0.2, 0.25) is 5.95 Å². The number of nitrogen functional groups attached to an aromatic ring is 2. The van der Waals surface area contributed by atoms with Crippen molar-refractivity contribution in [3.8, 4) is 11.1 Å². The average molecular weight is 454 g/mol. The van der Waals surface area contributed by atoms with Crippen molar-refractivity contribution in [1.29, 1.82) is 0 Å². The molecule has 0 aliphatic carbocycles. The SMILES string of the molecule is Cc1ccc(-c2c(N)nc(N3CCN(c4ccccn4)CC3)nc2N)cc1Nc1ccccn1. The molecule has 3 aromatic heterocycles. The van der Waals surface area contributed by atoms with Crippen molar-refractivity contribution in [3.63, 3.8) is 0 Å². The van der Waals surface area contributed by atoms with E-state index in [2.05, 4.69) is 35.1 Å². The number of nitrogens with two attached hydrogens (primary N) is 2. The van der Waals surface area contributed by atoms with Crippen LogP contribution in [0.4, 0.5) is 34.9 Å². The third-order valence-corrected chi connectivity index (χ3v) is 5.94. The highest BCUT2D eigenvalue weighted by Crippen LogP contribution is 2.34. The number of rotatable bonds is 5. The summed E-state index contributed by atoms with van der Waals surface area (Å²) in [4.78, 5) is 22.4. The molecule has 172 valence electrons. The number of pyridine rings is 2. The van der Waals surface area contributed by atoms with E-state index < -0.39 is 0 Å². The van der Waals surface area contributed by atoms with Crippen molar-refractivity contribution in [1.82, 2.24) is 19.9 Å². The maximum Gasteiger partial charge on any atom is 0.229 e. The van der Waals surface area contributed by atoms with Crippen molar-refractivity contribution in [2.24, 2.45) is 0 Å². The number of hydrogen-bond acceptors (Lipinski definition) is 9. The number of hydrogen-bond donors (Lipinski definition) is 3. The van der Waals surface area contributed by atoms with E-state index in [1.807, 2.05) is 67.7 Å². The van der Waals surface area contributed by atoms with E-state index in [1.54, 1.807) is 6.20 Å². The van der Waals surface area contributed by atoms with Crippen LogP contribution in [0.1, 0.15) is 5.56 Å². The molecule has 5 N–H and O–H groups in total. The van der Waals surface area contributed by atoms with Crippen molar-refractivity contribution in [2.75, 3.05) is 52.8 Å². The minimum Gasteiger partial charge on any atom is -0.383 e. The van der Waals surface area contributed by atoms with E-state index in [4.69, 9.17) is 11.5 Å². The van der Waals surface area contributed by atoms with Gasteiger partial charge in [0.25, 0.3) is 0 Å². The van der Waals surface area contributed by atoms with Gasteiger partial charge in [-0.3, -0.25) is 0 Å². The topological polar surface area (TPSA) is 122 Å². The van der Waals surface area contributed by atoms with Crippen LogP contribution in [0.15, 0.2) is 67.0 Å². The van der Waals surface area contributed by atoms with Gasteiger partial charge < -0.3 is 26.6 Å². The van der Waals surface area contributed by atoms with Gasteiger partial charge in [0.1, 0.15) is 23.3 Å². The zero-order valence-electron chi connectivity index (χ0n) is 19.0. The van der Waals surface area contributed by atoms with Crippen LogP contribution in [0.3, 0.4) is 0 Å². The van der Waals surface area contributed by atoms with E-state index in [0.29, 0.717) is 23.1 Å². The maximum absolute atomic E-state index is 6.41. The van der Waals surface area contributed by atoms with Gasteiger partial charge in [0.15, 0.2) is 0 Å². The second-order valence-corrected chi connectivity index (χ2v) is 8.20. The summed E-state index contributed by atoms with van der Waals surface area (Å²) >= 11 is 0. The van der Waals surface area contributed by atoms with Gasteiger partial charge in [-0.25, -0.2) is 9.97 Å². The van der Waals surface area contributed by atoms with Gasteiger partial charge in [-0.1, -0.05) is 24.3 Å². The van der Waals surface area contributed by atoms with Crippen molar-refractivity contribution in [2.45, 2.75) is 6.92 Å². The molecule has 1 aromatic carbocycles. The molecule has 1 aliphatic rings. The molecule has 0 bridgehead atoms. The minimum atomic E-state index is 0.363. The first-order valence-corrected chi connectivity index (χ1v) is 11.2. The summed E-state index contributed by atoms with van der Waals surface area (Å²) in [7, 11) is 0. The van der Waals surface area contributed by atoms with Gasteiger partial charge in [-0.05, 0) is 48.4 Å². The van der Waals surface area contributed by atoms with Crippen LogP contribution in [0.5, 0.6) is 0 Å². The smallest absolute Gasteiger partial charge is 0.229 e. The molecule has 0 unspecified atom stereocenters. The highest BCUT2D eigenvalue weighted by molar-refractivity contribution is 5.85. The van der Waals surface area contributed by atoms with Crippen LogP contribution in [-0.4, -0.2) is 46.1 Å². The molecule has 0 amide bonds. The predicted molar refractivity (Wildman–Crippen MR) is 137 cm³/mol. The van der Waals surface area contributed by atoms with E-state index in [9.17, 15) is 0 Å². The normalized spacial score (nSPS) is 13.7. The van der Waals surface area contributed by atoms with E-state index in [-0.39, 0.29) is 0 Å². The Bertz CT molecular complexity index is 1250. The summed E-state index contributed by atoms with van der Waals surface area (Å²) in [5.74, 6) is 3.02. The number of anilines is 6. The summed E-state index contributed by atoms with van der Waals surface area (Å²) in [5, 5.41) is 3.35. The predicted octanol–water partition coefficient (Wildman–Crippen LogP) is 3.48. The second kappa shape index (κ2) is 9.22. The summed E-state index contributed by atoms with van der Waals surface area (Å²) in [5.41, 5.74) is 16.3. The Kier molecular flexibility index (Phi) is 5.82. The maximum atomic E-state index is 6.41. The number of aromatic nitrogens is 4. The van der Waals surface area contributed by atoms with Gasteiger partial charge in [0, 0.05) is 44.3 Å². The molecule has 0 atom stereocenters. The van der Waals surface area contributed by atoms with Crippen LogP contribution < -0.4 is 26.6 Å². The fourth-order valence-electron chi connectivity index (χ4n) is 4.08. The molecule has 9 nitrogen and oxygen atoms in total. The molecule has 9 heteroatoms. The van der Waals surface area contributed by atoms with Gasteiger partial charge in [0.05, 0.1) is 5.56 Å². The Hall–Kier alpha value is -4.40. The fraction of sp³-hybridized carbons (Fsp3) is 0.200. The van der Waals surface area contributed by atoms with Gasteiger partial charge in [-0.15, -0.1) is 0 Å². The molecule has 0 saturated carbocycles. The Labute approximate surface area is 198 Å². The molecule has 34 heavy (non-hydrogen) atoms. The van der Waals surface area contributed by atoms with E-state index >= 15 is 0 Å². The number of benzene rings is 1. The lowest BCUT2D eigenvalue weighted by Gasteiger charge is -2.35. The minimum absolute atomic E-state index is 0.363. The van der Waals surface area contributed by atoms with Crippen LogP contribution in [-0.2, 0) is 0 Å². The molecule has 5 rings (SSSR count). The number of piperazine rings is 1. The lowest BCUT2D eigenvalue weighted by Crippen LogP contribution is -2.47. The van der Waals surface area contributed by atoms with Crippen LogP contribution in [0.2, 0.25) is 0 Å². The molecular formula is C25H27N9. The Morgan fingerprint density at radius 1 is 0.794 bits per heavy atom. The summed E-state index contributed by atoms with van der Waals surface area (Å²) < 4.78 is 0. The van der Waals surface area contributed by atoms with Gasteiger partial charge >= 0.3 is 0 Å². The van der Waals surface area contributed by atoms with Crippen LogP contribution >= 0.6 is 0 Å². The Morgan fingerprint density at radius 2 is 1.47 bits per heavy atom. The molecule has 1 saturated heterocycles. The third-order valence-electron chi connectivity index (χ3n) is 5.94. The second-order valence-electron chi connectivity index (χ2n) is 8.20. The molecule has 4 aromatic rings. The zero-order chi connectivity index (χ0) is 23.5. The van der Waals surface area contributed by atoms with Crippen molar-refractivity contribution < 1.29 is 0 Å². The van der Waals surface area contributed by atoms with Crippen molar-refractivity contribution in [3.05, 3.63) is 72.6 Å². The molecule has 1 fully saturated rings. The lowest BCUT2D eigenvalue weighted by atomic mass is 10.0. The van der Waals surface area contributed by atoms with Gasteiger partial charge in [-0.2, -0.15) is 9.97 Å². The molecule has 1 aliphatic heterocycles. The molecule has 0 spiro atoms. The Morgan fingerprint density at radius 3 is 2.12 bits per heavy atom. The molecule has 4 heterocycles. The largest absolute Gasteiger partial charge is 0.383 e. The molecule has 0 radical (unpaired) electrons. The van der Waals surface area contributed by atoms with E-state index in [0.717, 1.165) is 54.6 Å². The first kappa shape index (κ1) is 21.4. The average Bonchev–Trinajstić information content (AvgIpc) is 2.87. The summed E-state index contributed by atoms with van der Waals surface area (Å²) in [6.07, 6.45) is 3.56. The first-order chi connectivity index (χ1) is 16.6. The number of nitrogens with zero attached hydrogens (tertiary/aromatic N) is 6. The zero-order valence-corrected chi connectivity index (χ0v) is 19.0. The fourth-order valence-corrected chi connectivity index (χ4v) is 4.08. The standard InChI is InChI=1S/C25H27N9/c1-17-8-9-18(16-19(17)30-20-6-2-4-10-28-20)22-23(26)31-25(32-24(22)27)34-14-12-33(13-15-34)21-7-3-5-11-29-21/h2-11,16H,12-15H2,1H3,(H,28,30)(H4,26,27,31,32). The van der Waals surface area contributed by atoms with Crippen LogP contribution in [0, 0.1) is 6.92 Å². The van der Waals surface area contributed by atoms with Crippen LogP contribution in [0.25, 0.3) is 11.1 Å². The summed E-state index contributed by atoms with van der Waals surface area (Å²) in [6.45, 7) is 5.20. The monoisotopic (exact) mass is 453 g/mol. The quantitative estimate of drug-likeness (QED) is 0.417. The highest BCUT2D eigenvalue weighted by atomic mass is 15.3. The molecular weight excluding hydrogens is 426 g/mol. The Balaban J connectivity index is 1.36. The number of aryl methyl sites for hydroxylation is 1. The third kappa shape index (κ3) is 4.40. The lowest BCUT2D eigenvalue weighted by molar-refractivity contribution is 0.635. The first-order valence-electron chi connectivity index (χ1n) is 11.2. The summed E-state index contributed by atoms with van der Waals surface area (Å²) in [6, 6.07) is 17.7. The highest BCUT2D eigenvalue weighted by Gasteiger charge is 2.22.